The number of rotatable bonds is 4. The first-order valence-corrected chi connectivity index (χ1v) is 9.34. The molecule has 4 aromatic rings. The number of benzene rings is 3. The topological polar surface area (TPSA) is 20.5 Å². The van der Waals surface area contributed by atoms with Gasteiger partial charge in [-0.1, -0.05) is 24.3 Å². The number of para-hydroxylation sites is 1. The molecule has 0 amide bonds. The standard InChI is InChI=1S/C23H20F3N3/c1-3-29-21-7-5-4-6-19(21)20-14-16(8-13-22(20)29)15-27-28(2)18-11-9-17(10-12-18)23(24,25)26/h4-15H,3H2,1-2H3. The first-order chi connectivity index (χ1) is 13.9. The zero-order valence-electron chi connectivity index (χ0n) is 16.1. The van der Waals surface area contributed by atoms with Gasteiger partial charge in [0.1, 0.15) is 0 Å². The molecule has 3 nitrogen and oxygen atoms in total. The highest BCUT2D eigenvalue weighted by Crippen LogP contribution is 2.31. The molecule has 0 bridgehead atoms. The summed E-state index contributed by atoms with van der Waals surface area (Å²) < 4.78 is 40.4. The van der Waals surface area contributed by atoms with E-state index in [9.17, 15) is 13.2 Å². The van der Waals surface area contributed by atoms with E-state index in [1.54, 1.807) is 18.3 Å². The van der Waals surface area contributed by atoms with Gasteiger partial charge in [0.15, 0.2) is 0 Å². The lowest BCUT2D eigenvalue weighted by Crippen LogP contribution is -2.10. The predicted molar refractivity (Wildman–Crippen MR) is 113 cm³/mol. The lowest BCUT2D eigenvalue weighted by Gasteiger charge is -2.14. The van der Waals surface area contributed by atoms with Gasteiger partial charge in [-0.15, -0.1) is 0 Å². The molecule has 0 saturated carbocycles. The van der Waals surface area contributed by atoms with E-state index < -0.39 is 11.7 Å². The highest BCUT2D eigenvalue weighted by molar-refractivity contribution is 6.09. The van der Waals surface area contributed by atoms with Crippen LogP contribution in [0.3, 0.4) is 0 Å². The second kappa shape index (κ2) is 7.28. The van der Waals surface area contributed by atoms with Crippen LogP contribution in [0.15, 0.2) is 71.8 Å². The third-order valence-electron chi connectivity index (χ3n) is 5.06. The van der Waals surface area contributed by atoms with E-state index in [0.29, 0.717) is 5.69 Å². The van der Waals surface area contributed by atoms with E-state index in [1.165, 1.54) is 28.6 Å². The van der Waals surface area contributed by atoms with Crippen LogP contribution in [-0.4, -0.2) is 17.8 Å². The van der Waals surface area contributed by atoms with E-state index in [4.69, 9.17) is 0 Å². The molecule has 148 valence electrons. The van der Waals surface area contributed by atoms with Crippen molar-refractivity contribution in [3.8, 4) is 0 Å². The number of hydrogen-bond acceptors (Lipinski definition) is 2. The van der Waals surface area contributed by atoms with Gasteiger partial charge in [0.25, 0.3) is 0 Å². The van der Waals surface area contributed by atoms with Crippen molar-refractivity contribution in [2.75, 3.05) is 12.1 Å². The van der Waals surface area contributed by atoms with Gasteiger partial charge in [-0.3, -0.25) is 5.01 Å². The van der Waals surface area contributed by atoms with Crippen LogP contribution >= 0.6 is 0 Å². The molecule has 1 heterocycles. The molecule has 0 radical (unpaired) electrons. The molecule has 6 heteroatoms. The fourth-order valence-electron chi connectivity index (χ4n) is 3.58. The maximum atomic E-state index is 12.7. The average Bonchev–Trinajstić information content (AvgIpc) is 3.04. The summed E-state index contributed by atoms with van der Waals surface area (Å²) >= 11 is 0. The Balaban J connectivity index is 1.63. The number of hydrogen-bond donors (Lipinski definition) is 0. The first kappa shape index (κ1) is 19.1. The van der Waals surface area contributed by atoms with Gasteiger partial charge in [-0.2, -0.15) is 18.3 Å². The Morgan fingerprint density at radius 1 is 0.931 bits per heavy atom. The van der Waals surface area contributed by atoms with Gasteiger partial charge < -0.3 is 4.57 Å². The number of aryl methyl sites for hydroxylation is 1. The second-order valence-electron chi connectivity index (χ2n) is 6.85. The molecular formula is C23H20F3N3. The summed E-state index contributed by atoms with van der Waals surface area (Å²) in [5.74, 6) is 0. The maximum Gasteiger partial charge on any atom is 0.416 e. The lowest BCUT2D eigenvalue weighted by atomic mass is 10.1. The van der Waals surface area contributed by atoms with Crippen molar-refractivity contribution < 1.29 is 13.2 Å². The quantitative estimate of drug-likeness (QED) is 0.293. The monoisotopic (exact) mass is 395 g/mol. The summed E-state index contributed by atoms with van der Waals surface area (Å²) in [6.07, 6.45) is -2.62. The molecule has 1 aromatic heterocycles. The number of halogens is 3. The Morgan fingerprint density at radius 2 is 1.62 bits per heavy atom. The molecule has 0 aliphatic rings. The lowest BCUT2D eigenvalue weighted by molar-refractivity contribution is -0.137. The van der Waals surface area contributed by atoms with Crippen LogP contribution in [-0.2, 0) is 12.7 Å². The summed E-state index contributed by atoms with van der Waals surface area (Å²) in [5, 5.41) is 8.29. The first-order valence-electron chi connectivity index (χ1n) is 9.34. The largest absolute Gasteiger partial charge is 0.416 e. The smallest absolute Gasteiger partial charge is 0.341 e. The van der Waals surface area contributed by atoms with E-state index in [-0.39, 0.29) is 0 Å². The summed E-state index contributed by atoms with van der Waals surface area (Å²) in [6, 6.07) is 19.4. The summed E-state index contributed by atoms with van der Waals surface area (Å²) in [7, 11) is 1.71. The zero-order chi connectivity index (χ0) is 20.6. The highest BCUT2D eigenvalue weighted by atomic mass is 19.4. The van der Waals surface area contributed by atoms with Crippen LogP contribution in [0.1, 0.15) is 18.1 Å². The van der Waals surface area contributed by atoms with Crippen LogP contribution in [0, 0.1) is 0 Å². The highest BCUT2D eigenvalue weighted by Gasteiger charge is 2.30. The minimum absolute atomic E-state index is 0.581. The molecule has 0 atom stereocenters. The van der Waals surface area contributed by atoms with E-state index >= 15 is 0 Å². The Bertz CT molecular complexity index is 1190. The van der Waals surface area contributed by atoms with Crippen molar-refractivity contribution >= 4 is 33.7 Å². The maximum absolute atomic E-state index is 12.7. The summed E-state index contributed by atoms with van der Waals surface area (Å²) in [5.41, 5.74) is 3.20. The van der Waals surface area contributed by atoms with Gasteiger partial charge in [-0.25, -0.2) is 0 Å². The SMILES string of the molecule is CCn1c2ccccc2c2cc(C=NN(C)c3ccc(C(F)(F)F)cc3)ccc21. The normalized spacial score (nSPS) is 12.3. The molecule has 0 spiro atoms. The third kappa shape index (κ3) is 3.58. The van der Waals surface area contributed by atoms with Gasteiger partial charge in [0.05, 0.1) is 17.5 Å². The van der Waals surface area contributed by atoms with Crippen molar-refractivity contribution in [2.45, 2.75) is 19.6 Å². The van der Waals surface area contributed by atoms with Crippen molar-refractivity contribution in [1.82, 2.24) is 4.57 Å². The molecule has 29 heavy (non-hydrogen) atoms. The Hall–Kier alpha value is -3.28. The van der Waals surface area contributed by atoms with Gasteiger partial charge in [-0.05, 0) is 55.0 Å². The fraction of sp³-hybridized carbons (Fsp3) is 0.174. The summed E-state index contributed by atoms with van der Waals surface area (Å²) in [6.45, 7) is 3.01. The van der Waals surface area contributed by atoms with Crippen molar-refractivity contribution in [1.29, 1.82) is 0 Å². The number of aromatic nitrogens is 1. The number of fused-ring (bicyclic) bond motifs is 3. The zero-order valence-corrected chi connectivity index (χ0v) is 16.1. The van der Waals surface area contributed by atoms with Crippen LogP contribution in [0.25, 0.3) is 21.8 Å². The predicted octanol–water partition coefficient (Wildman–Crippen LogP) is 6.30. The Labute approximate surface area is 166 Å². The number of hydrazone groups is 1. The number of anilines is 1. The van der Waals surface area contributed by atoms with E-state index in [1.807, 2.05) is 18.2 Å². The van der Waals surface area contributed by atoms with Crippen LogP contribution < -0.4 is 5.01 Å². The molecule has 0 aliphatic heterocycles. The van der Waals surface area contributed by atoms with Gasteiger partial charge in [0.2, 0.25) is 0 Å². The molecular weight excluding hydrogens is 375 g/mol. The van der Waals surface area contributed by atoms with E-state index in [0.717, 1.165) is 29.6 Å². The van der Waals surface area contributed by atoms with Crippen LogP contribution in [0.4, 0.5) is 18.9 Å². The van der Waals surface area contributed by atoms with E-state index in [2.05, 4.69) is 40.9 Å². The molecule has 0 aliphatic carbocycles. The van der Waals surface area contributed by atoms with Crippen LogP contribution in [0.5, 0.6) is 0 Å². The fourth-order valence-corrected chi connectivity index (χ4v) is 3.58. The number of alkyl halides is 3. The van der Waals surface area contributed by atoms with Gasteiger partial charge in [0, 0.05) is 35.4 Å². The average molecular weight is 395 g/mol. The Kier molecular flexibility index (Phi) is 4.78. The molecule has 0 unspecified atom stereocenters. The van der Waals surface area contributed by atoms with Gasteiger partial charge >= 0.3 is 6.18 Å². The minimum atomic E-state index is -4.34. The molecule has 4 rings (SSSR count). The van der Waals surface area contributed by atoms with Crippen molar-refractivity contribution in [3.05, 3.63) is 77.9 Å². The molecule has 3 aromatic carbocycles. The molecule has 0 saturated heterocycles. The Morgan fingerprint density at radius 3 is 2.31 bits per heavy atom. The molecule has 0 N–H and O–H groups in total. The number of nitrogens with zero attached hydrogens (tertiary/aromatic N) is 3. The summed E-state index contributed by atoms with van der Waals surface area (Å²) in [4.78, 5) is 0. The second-order valence-corrected chi connectivity index (χ2v) is 6.85. The minimum Gasteiger partial charge on any atom is -0.341 e. The van der Waals surface area contributed by atoms with Crippen molar-refractivity contribution in [2.24, 2.45) is 5.10 Å². The van der Waals surface area contributed by atoms with Crippen LogP contribution in [0.2, 0.25) is 0 Å². The third-order valence-corrected chi connectivity index (χ3v) is 5.06. The molecule has 0 fully saturated rings. The van der Waals surface area contributed by atoms with Crippen molar-refractivity contribution in [3.63, 3.8) is 0 Å².